The Hall–Kier alpha value is -1.05. The summed E-state index contributed by atoms with van der Waals surface area (Å²) < 4.78 is 26.1. The van der Waals surface area contributed by atoms with Crippen molar-refractivity contribution >= 4 is 27.7 Å². The number of nitrogens with zero attached hydrogens (tertiary/aromatic N) is 2. The van der Waals surface area contributed by atoms with Gasteiger partial charge in [-0.1, -0.05) is 0 Å². The Kier molecular flexibility index (Phi) is 5.88. The first kappa shape index (κ1) is 17.3. The zero-order valence-electron chi connectivity index (χ0n) is 13.0. The van der Waals surface area contributed by atoms with Gasteiger partial charge in [-0.2, -0.15) is 4.31 Å². The molecular weight excluding hydrogens is 320 g/mol. The number of carbonyl (C=O) groups is 1. The monoisotopic (exact) mass is 342 g/mol. The van der Waals surface area contributed by atoms with E-state index in [4.69, 9.17) is 0 Å². The predicted octanol–water partition coefficient (Wildman–Crippen LogP) is 2.04. The Morgan fingerprint density at radius 3 is 2.32 bits per heavy atom. The smallest absolute Gasteiger partial charge is 0.243 e. The van der Waals surface area contributed by atoms with Gasteiger partial charge in [-0.15, -0.1) is 11.8 Å². The number of hydrogen-bond donors (Lipinski definition) is 0. The zero-order chi connectivity index (χ0) is 16.2. The lowest BCUT2D eigenvalue weighted by Crippen LogP contribution is -2.43. The van der Waals surface area contributed by atoms with E-state index in [0.717, 1.165) is 41.6 Å². The van der Waals surface area contributed by atoms with Crippen LogP contribution in [0, 0.1) is 0 Å². The van der Waals surface area contributed by atoms with E-state index < -0.39 is 10.0 Å². The van der Waals surface area contributed by atoms with Gasteiger partial charge in [0.1, 0.15) is 0 Å². The molecule has 0 bridgehead atoms. The Morgan fingerprint density at radius 2 is 1.77 bits per heavy atom. The third-order valence-corrected chi connectivity index (χ3v) is 6.40. The van der Waals surface area contributed by atoms with Gasteiger partial charge in [-0.3, -0.25) is 4.79 Å². The lowest BCUT2D eigenvalue weighted by molar-refractivity contribution is -0.132. The van der Waals surface area contributed by atoms with Crippen LogP contribution in [0.1, 0.15) is 19.3 Å². The standard InChI is InChI=1S/C15H22N2O3S2/c1-16(12-15(18)17-10-4-3-5-11-17)22(19,20)14-8-6-13(21-2)7-9-14/h6-9H,3-5,10-12H2,1-2H3. The van der Waals surface area contributed by atoms with Crippen LogP contribution in [0.25, 0.3) is 0 Å². The molecule has 0 saturated carbocycles. The molecular formula is C15H22N2O3S2. The molecule has 5 nitrogen and oxygen atoms in total. The third-order valence-electron chi connectivity index (χ3n) is 3.83. The van der Waals surface area contributed by atoms with Crippen molar-refractivity contribution < 1.29 is 13.2 Å². The van der Waals surface area contributed by atoms with Crippen molar-refractivity contribution in [3.8, 4) is 0 Å². The van der Waals surface area contributed by atoms with Crippen molar-refractivity contribution in [3.63, 3.8) is 0 Å². The summed E-state index contributed by atoms with van der Waals surface area (Å²) in [4.78, 5) is 15.2. The average molecular weight is 342 g/mol. The molecule has 0 radical (unpaired) electrons. The Bertz CT molecular complexity index is 608. The molecule has 1 aromatic rings. The van der Waals surface area contributed by atoms with Gasteiger partial charge in [0.05, 0.1) is 11.4 Å². The summed E-state index contributed by atoms with van der Waals surface area (Å²) in [5.74, 6) is -0.119. The maximum absolute atomic E-state index is 12.5. The van der Waals surface area contributed by atoms with Crippen LogP contribution in [0.3, 0.4) is 0 Å². The Balaban J connectivity index is 2.05. The van der Waals surface area contributed by atoms with Crippen molar-refractivity contribution in [2.75, 3.05) is 32.9 Å². The number of piperidine rings is 1. The van der Waals surface area contributed by atoms with E-state index in [9.17, 15) is 13.2 Å². The van der Waals surface area contributed by atoms with E-state index in [1.165, 1.54) is 7.05 Å². The summed E-state index contributed by atoms with van der Waals surface area (Å²) in [6, 6.07) is 6.72. The second kappa shape index (κ2) is 7.48. The van der Waals surface area contributed by atoms with Gasteiger partial charge in [-0.25, -0.2) is 8.42 Å². The number of sulfonamides is 1. The Labute approximate surface area is 136 Å². The summed E-state index contributed by atoms with van der Waals surface area (Å²) >= 11 is 1.56. The zero-order valence-corrected chi connectivity index (χ0v) is 14.6. The van der Waals surface area contributed by atoms with Crippen LogP contribution in [0.2, 0.25) is 0 Å². The van der Waals surface area contributed by atoms with Gasteiger partial charge in [0, 0.05) is 25.0 Å². The van der Waals surface area contributed by atoms with Crippen molar-refractivity contribution in [2.45, 2.75) is 29.1 Å². The SMILES string of the molecule is CSc1ccc(S(=O)(=O)N(C)CC(=O)N2CCCCC2)cc1. The molecule has 0 aromatic heterocycles. The largest absolute Gasteiger partial charge is 0.342 e. The second-order valence-electron chi connectivity index (χ2n) is 5.38. The Morgan fingerprint density at radius 1 is 1.18 bits per heavy atom. The summed E-state index contributed by atoms with van der Waals surface area (Å²) in [6.07, 6.45) is 5.07. The van der Waals surface area contributed by atoms with E-state index in [2.05, 4.69) is 0 Å². The molecule has 0 spiro atoms. The van der Waals surface area contributed by atoms with Gasteiger partial charge < -0.3 is 4.90 Å². The van der Waals surface area contributed by atoms with Gasteiger partial charge in [-0.05, 0) is 49.8 Å². The highest BCUT2D eigenvalue weighted by atomic mass is 32.2. The maximum atomic E-state index is 12.5. The van der Waals surface area contributed by atoms with Crippen molar-refractivity contribution in [1.82, 2.24) is 9.21 Å². The van der Waals surface area contributed by atoms with Gasteiger partial charge in [0.2, 0.25) is 15.9 Å². The molecule has 0 atom stereocenters. The fourth-order valence-electron chi connectivity index (χ4n) is 2.45. The molecule has 0 N–H and O–H groups in total. The minimum Gasteiger partial charge on any atom is -0.342 e. The van der Waals surface area contributed by atoms with E-state index in [0.29, 0.717) is 0 Å². The molecule has 122 valence electrons. The van der Waals surface area contributed by atoms with Crippen molar-refractivity contribution in [1.29, 1.82) is 0 Å². The third kappa shape index (κ3) is 4.02. The number of thioether (sulfide) groups is 1. The quantitative estimate of drug-likeness (QED) is 0.769. The molecule has 1 amide bonds. The van der Waals surface area contributed by atoms with Gasteiger partial charge >= 0.3 is 0 Å². The first-order chi connectivity index (χ1) is 10.4. The van der Waals surface area contributed by atoms with E-state index >= 15 is 0 Å². The van der Waals surface area contributed by atoms with E-state index in [1.807, 2.05) is 6.26 Å². The lowest BCUT2D eigenvalue weighted by atomic mass is 10.1. The fourth-order valence-corrected chi connectivity index (χ4v) is 3.97. The molecule has 0 unspecified atom stereocenters. The molecule has 2 rings (SSSR count). The number of likely N-dealkylation sites (tertiary alicyclic amines) is 1. The van der Waals surface area contributed by atoms with E-state index in [-0.39, 0.29) is 17.3 Å². The number of carbonyl (C=O) groups excluding carboxylic acids is 1. The lowest BCUT2D eigenvalue weighted by Gasteiger charge is -2.28. The van der Waals surface area contributed by atoms with Crippen molar-refractivity contribution in [2.24, 2.45) is 0 Å². The van der Waals surface area contributed by atoms with Crippen LogP contribution in [-0.4, -0.2) is 56.5 Å². The summed E-state index contributed by atoms with van der Waals surface area (Å²) in [5, 5.41) is 0. The fraction of sp³-hybridized carbons (Fsp3) is 0.533. The maximum Gasteiger partial charge on any atom is 0.243 e. The summed E-state index contributed by atoms with van der Waals surface area (Å²) in [6.45, 7) is 1.36. The normalized spacial score (nSPS) is 16.0. The minimum absolute atomic E-state index is 0.105. The summed E-state index contributed by atoms with van der Waals surface area (Å²) in [5.41, 5.74) is 0. The first-order valence-corrected chi connectivity index (χ1v) is 10.00. The molecule has 7 heteroatoms. The number of likely N-dealkylation sites (N-methyl/N-ethyl adjacent to an activating group) is 1. The van der Waals surface area contributed by atoms with Gasteiger partial charge in [0.25, 0.3) is 0 Å². The number of hydrogen-bond acceptors (Lipinski definition) is 4. The topological polar surface area (TPSA) is 57.7 Å². The van der Waals surface area contributed by atoms with Crippen LogP contribution >= 0.6 is 11.8 Å². The molecule has 0 aliphatic carbocycles. The van der Waals surface area contributed by atoms with Crippen LogP contribution in [0.4, 0.5) is 0 Å². The number of rotatable bonds is 5. The predicted molar refractivity (Wildman–Crippen MR) is 88.5 cm³/mol. The number of benzene rings is 1. The van der Waals surface area contributed by atoms with Crippen LogP contribution in [-0.2, 0) is 14.8 Å². The summed E-state index contributed by atoms with van der Waals surface area (Å²) in [7, 11) is -2.16. The number of amides is 1. The highest BCUT2D eigenvalue weighted by Gasteiger charge is 2.25. The second-order valence-corrected chi connectivity index (χ2v) is 8.30. The molecule has 1 aliphatic heterocycles. The van der Waals surface area contributed by atoms with Crippen LogP contribution in [0.15, 0.2) is 34.1 Å². The molecule has 22 heavy (non-hydrogen) atoms. The molecule has 1 aromatic carbocycles. The van der Waals surface area contributed by atoms with Crippen LogP contribution in [0.5, 0.6) is 0 Å². The highest BCUT2D eigenvalue weighted by molar-refractivity contribution is 7.98. The van der Waals surface area contributed by atoms with Crippen molar-refractivity contribution in [3.05, 3.63) is 24.3 Å². The van der Waals surface area contributed by atoms with Crippen LogP contribution < -0.4 is 0 Å². The minimum atomic E-state index is -3.62. The molecule has 1 fully saturated rings. The molecule has 1 aliphatic rings. The average Bonchev–Trinajstić information content (AvgIpc) is 2.55. The van der Waals surface area contributed by atoms with Gasteiger partial charge in [0.15, 0.2) is 0 Å². The molecule has 1 saturated heterocycles. The first-order valence-electron chi connectivity index (χ1n) is 7.33. The van der Waals surface area contributed by atoms with E-state index in [1.54, 1.807) is 40.9 Å². The molecule has 1 heterocycles. The highest BCUT2D eigenvalue weighted by Crippen LogP contribution is 2.20.